The first-order valence-corrected chi connectivity index (χ1v) is 10.5. The van der Waals surface area contributed by atoms with Crippen molar-refractivity contribution in [1.82, 2.24) is 14.7 Å². The zero-order valence-corrected chi connectivity index (χ0v) is 17.5. The molecule has 2 aliphatic heterocycles. The predicted octanol–water partition coefficient (Wildman–Crippen LogP) is 2.77. The highest BCUT2D eigenvalue weighted by molar-refractivity contribution is 6.07. The molecule has 2 aromatic rings. The molecule has 0 bridgehead atoms. The number of nitrogens with zero attached hydrogens (tertiary/aromatic N) is 3. The van der Waals surface area contributed by atoms with Crippen LogP contribution in [0.1, 0.15) is 24.0 Å². The predicted molar refractivity (Wildman–Crippen MR) is 112 cm³/mol. The minimum Gasteiger partial charge on any atom is -0.472 e. The van der Waals surface area contributed by atoms with E-state index >= 15 is 0 Å². The molecule has 0 atom stereocenters. The maximum atomic E-state index is 13.5. The fraction of sp³-hybridized carbons (Fsp3) is 0.478. The Morgan fingerprint density at radius 1 is 1.03 bits per heavy atom. The maximum Gasteiger partial charge on any atom is 0.327 e. The molecule has 3 heterocycles. The van der Waals surface area contributed by atoms with Gasteiger partial charge in [-0.15, -0.1) is 0 Å². The smallest absolute Gasteiger partial charge is 0.327 e. The lowest BCUT2D eigenvalue weighted by atomic mass is 9.85. The number of furan rings is 1. The quantitative estimate of drug-likeness (QED) is 0.625. The molecule has 1 spiro atoms. The van der Waals surface area contributed by atoms with E-state index in [0.717, 1.165) is 30.8 Å². The molecular weight excluding hydrogens is 382 g/mol. The van der Waals surface area contributed by atoms with Crippen molar-refractivity contribution >= 4 is 11.9 Å². The summed E-state index contributed by atoms with van der Waals surface area (Å²) in [5.41, 5.74) is 1.50. The zero-order valence-electron chi connectivity index (χ0n) is 17.5. The number of piperidine rings is 1. The van der Waals surface area contributed by atoms with Gasteiger partial charge >= 0.3 is 6.03 Å². The molecule has 7 heteroatoms. The molecule has 3 amide bonds. The van der Waals surface area contributed by atoms with Crippen molar-refractivity contribution in [3.05, 3.63) is 60.1 Å². The van der Waals surface area contributed by atoms with Gasteiger partial charge in [-0.2, -0.15) is 0 Å². The molecule has 1 aromatic carbocycles. The monoisotopic (exact) mass is 411 g/mol. The van der Waals surface area contributed by atoms with E-state index in [1.54, 1.807) is 24.5 Å². The minimum absolute atomic E-state index is 0.0532. The van der Waals surface area contributed by atoms with Crippen molar-refractivity contribution in [3.8, 4) is 0 Å². The fourth-order valence-electron chi connectivity index (χ4n) is 4.56. The van der Waals surface area contributed by atoms with Gasteiger partial charge in [0.05, 0.1) is 19.1 Å². The Morgan fingerprint density at radius 2 is 1.80 bits per heavy atom. The summed E-state index contributed by atoms with van der Waals surface area (Å²) in [5, 5.41) is 0. The lowest BCUT2D eigenvalue weighted by Crippen LogP contribution is -2.57. The summed E-state index contributed by atoms with van der Waals surface area (Å²) < 4.78 is 10.4. The number of benzene rings is 1. The lowest BCUT2D eigenvalue weighted by molar-refractivity contribution is -0.135. The van der Waals surface area contributed by atoms with Crippen molar-refractivity contribution in [1.29, 1.82) is 0 Å². The first-order chi connectivity index (χ1) is 14.6. The van der Waals surface area contributed by atoms with Gasteiger partial charge in [0, 0.05) is 45.4 Å². The van der Waals surface area contributed by atoms with Crippen LogP contribution in [0.5, 0.6) is 0 Å². The van der Waals surface area contributed by atoms with Gasteiger partial charge in [0.2, 0.25) is 0 Å². The molecule has 30 heavy (non-hydrogen) atoms. The number of ether oxygens (including phenoxy) is 1. The van der Waals surface area contributed by atoms with Gasteiger partial charge in [-0.05, 0) is 30.9 Å². The Morgan fingerprint density at radius 3 is 2.47 bits per heavy atom. The number of carbonyl (C=O) groups excluding carboxylic acids is 2. The summed E-state index contributed by atoms with van der Waals surface area (Å²) >= 11 is 0. The fourth-order valence-corrected chi connectivity index (χ4v) is 4.56. The molecule has 2 saturated heterocycles. The van der Waals surface area contributed by atoms with Crippen LogP contribution in [0.2, 0.25) is 0 Å². The largest absolute Gasteiger partial charge is 0.472 e. The van der Waals surface area contributed by atoms with Gasteiger partial charge in [0.15, 0.2) is 0 Å². The molecule has 0 saturated carbocycles. The van der Waals surface area contributed by atoms with Gasteiger partial charge in [0.1, 0.15) is 5.54 Å². The van der Waals surface area contributed by atoms with Crippen LogP contribution in [0.4, 0.5) is 4.79 Å². The highest BCUT2D eigenvalue weighted by atomic mass is 16.5. The van der Waals surface area contributed by atoms with Crippen LogP contribution in [0.3, 0.4) is 0 Å². The Kier molecular flexibility index (Phi) is 6.20. The van der Waals surface area contributed by atoms with Crippen molar-refractivity contribution in [2.45, 2.75) is 31.3 Å². The second-order valence-electron chi connectivity index (χ2n) is 8.06. The van der Waals surface area contributed by atoms with Gasteiger partial charge in [-0.25, -0.2) is 4.79 Å². The molecule has 2 aliphatic rings. The third-order valence-electron chi connectivity index (χ3n) is 6.28. The first-order valence-electron chi connectivity index (χ1n) is 10.5. The van der Waals surface area contributed by atoms with E-state index in [1.165, 1.54) is 4.90 Å². The molecule has 0 unspecified atom stereocenters. The Labute approximate surface area is 177 Å². The van der Waals surface area contributed by atoms with Gasteiger partial charge in [-0.3, -0.25) is 14.6 Å². The molecule has 0 radical (unpaired) electrons. The summed E-state index contributed by atoms with van der Waals surface area (Å²) in [5.74, 6) is -0.0532. The van der Waals surface area contributed by atoms with E-state index in [1.807, 2.05) is 36.4 Å². The van der Waals surface area contributed by atoms with Crippen LogP contribution in [0.15, 0.2) is 53.3 Å². The summed E-state index contributed by atoms with van der Waals surface area (Å²) in [7, 11) is 1.62. The molecular formula is C23H29N3O4. The van der Waals surface area contributed by atoms with E-state index in [0.29, 0.717) is 39.0 Å². The summed E-state index contributed by atoms with van der Waals surface area (Å²) in [4.78, 5) is 32.2. The number of hydrogen-bond acceptors (Lipinski definition) is 5. The van der Waals surface area contributed by atoms with E-state index < -0.39 is 5.54 Å². The number of methoxy groups -OCH3 is 1. The number of amides is 3. The van der Waals surface area contributed by atoms with E-state index in [4.69, 9.17) is 9.15 Å². The second-order valence-corrected chi connectivity index (χ2v) is 8.06. The molecule has 1 aromatic heterocycles. The molecule has 7 nitrogen and oxygen atoms in total. The van der Waals surface area contributed by atoms with Crippen molar-refractivity contribution in [2.75, 3.05) is 39.9 Å². The number of carbonyl (C=O) groups is 2. The van der Waals surface area contributed by atoms with Crippen LogP contribution in [-0.4, -0.2) is 72.1 Å². The average molecular weight is 412 g/mol. The third kappa shape index (κ3) is 4.00. The number of urea groups is 1. The number of hydrogen-bond donors (Lipinski definition) is 0. The summed E-state index contributed by atoms with van der Waals surface area (Å²) in [6, 6.07) is 11.8. The zero-order chi connectivity index (χ0) is 21.0. The average Bonchev–Trinajstić information content (AvgIpc) is 3.34. The lowest BCUT2D eigenvalue weighted by Gasteiger charge is -2.42. The topological polar surface area (TPSA) is 66.2 Å². The van der Waals surface area contributed by atoms with Crippen LogP contribution >= 0.6 is 0 Å². The molecule has 2 fully saturated rings. The van der Waals surface area contributed by atoms with E-state index in [9.17, 15) is 9.59 Å². The Hall–Kier alpha value is -2.64. The maximum absolute atomic E-state index is 13.5. The van der Waals surface area contributed by atoms with E-state index in [2.05, 4.69) is 4.90 Å². The van der Waals surface area contributed by atoms with Gasteiger partial charge < -0.3 is 14.1 Å². The molecule has 160 valence electrons. The van der Waals surface area contributed by atoms with Crippen LogP contribution in [-0.2, 0) is 22.5 Å². The number of rotatable bonds is 8. The van der Waals surface area contributed by atoms with Gasteiger partial charge in [-0.1, -0.05) is 30.3 Å². The van der Waals surface area contributed by atoms with Crippen LogP contribution < -0.4 is 0 Å². The van der Waals surface area contributed by atoms with E-state index in [-0.39, 0.29) is 11.9 Å². The van der Waals surface area contributed by atoms with Crippen molar-refractivity contribution in [3.63, 3.8) is 0 Å². The SMILES string of the molecule is COCCN1C(=O)N(CCc2ccccc2)C(=O)C12CCN(Cc1ccoc1)CC2. The third-order valence-corrected chi connectivity index (χ3v) is 6.28. The standard InChI is InChI=1S/C23H29N3O4/c1-29-16-14-26-22(28)25(11-7-19-5-3-2-4-6-19)21(27)23(26)9-12-24(13-10-23)17-20-8-15-30-18-20/h2-6,8,15,18H,7,9-14,16-17H2,1H3. The second kappa shape index (κ2) is 9.02. The van der Waals surface area contributed by atoms with Crippen LogP contribution in [0, 0.1) is 0 Å². The molecule has 0 aliphatic carbocycles. The Bertz CT molecular complexity index is 845. The van der Waals surface area contributed by atoms with Gasteiger partial charge in [0.25, 0.3) is 5.91 Å². The van der Waals surface area contributed by atoms with Crippen molar-refractivity contribution < 1.29 is 18.7 Å². The van der Waals surface area contributed by atoms with Crippen molar-refractivity contribution in [2.24, 2.45) is 0 Å². The Balaban J connectivity index is 1.47. The highest BCUT2D eigenvalue weighted by Crippen LogP contribution is 2.37. The molecule has 0 N–H and O–H groups in total. The summed E-state index contributed by atoms with van der Waals surface area (Å²) in [6.45, 7) is 3.59. The number of likely N-dealkylation sites (tertiary alicyclic amines) is 1. The van der Waals surface area contributed by atoms with Crippen LogP contribution in [0.25, 0.3) is 0 Å². The molecule has 4 rings (SSSR count). The normalized spacial score (nSPS) is 19.2. The number of imide groups is 1. The first kappa shape index (κ1) is 20.6. The minimum atomic E-state index is -0.751. The summed E-state index contributed by atoms with van der Waals surface area (Å²) in [6.07, 6.45) is 5.38. The highest BCUT2D eigenvalue weighted by Gasteiger charge is 2.57.